The fourth-order valence-electron chi connectivity index (χ4n) is 1.22. The van der Waals surface area contributed by atoms with Crippen LogP contribution in [0.15, 0.2) is 18.2 Å². The molecule has 0 radical (unpaired) electrons. The molecule has 0 atom stereocenters. The first-order chi connectivity index (χ1) is 8.45. The molecule has 0 saturated carbocycles. The maximum absolute atomic E-state index is 11.4. The molecule has 1 aromatic rings. The number of rotatable bonds is 5. The van der Waals surface area contributed by atoms with Gasteiger partial charge in [0.2, 0.25) is 0 Å². The van der Waals surface area contributed by atoms with Gasteiger partial charge in [0.1, 0.15) is 5.84 Å². The number of amides is 1. The molecule has 0 bridgehead atoms. The van der Waals surface area contributed by atoms with Gasteiger partial charge in [0.05, 0.1) is 7.11 Å². The Morgan fingerprint density at radius 3 is 2.47 bits per heavy atom. The summed E-state index contributed by atoms with van der Waals surface area (Å²) in [4.78, 5) is 12.8. The lowest BCUT2D eigenvalue weighted by molar-refractivity contribution is -0.130. The monoisotopic (exact) mass is 287 g/mol. The SMILES string of the molecule is COc1cc(C(=N)N)ccc1OCC(=O)N(C)C.Cl. The number of methoxy groups -OCH3 is 1. The Bertz CT molecular complexity index is 464. The smallest absolute Gasteiger partial charge is 0.259 e. The Morgan fingerprint density at radius 1 is 1.37 bits per heavy atom. The van der Waals surface area contributed by atoms with Crippen molar-refractivity contribution < 1.29 is 14.3 Å². The number of nitrogen functional groups attached to an aromatic ring is 1. The third-order valence-corrected chi connectivity index (χ3v) is 2.32. The maximum atomic E-state index is 11.4. The van der Waals surface area contributed by atoms with Gasteiger partial charge in [0.25, 0.3) is 5.91 Å². The first kappa shape index (κ1) is 17.1. The molecule has 1 amide bonds. The highest BCUT2D eigenvalue weighted by molar-refractivity contribution is 5.95. The van der Waals surface area contributed by atoms with Crippen molar-refractivity contribution in [3.05, 3.63) is 23.8 Å². The zero-order valence-corrected chi connectivity index (χ0v) is 11.9. The average molecular weight is 288 g/mol. The molecular weight excluding hydrogens is 270 g/mol. The standard InChI is InChI=1S/C12H17N3O3.ClH/c1-15(2)11(16)7-18-9-5-4-8(12(13)14)6-10(9)17-3;/h4-6H,7H2,1-3H3,(H3,13,14);1H. The van der Waals surface area contributed by atoms with E-state index in [0.29, 0.717) is 17.1 Å². The largest absolute Gasteiger partial charge is 0.493 e. The number of nitrogens with one attached hydrogen (secondary N) is 1. The number of hydrogen-bond donors (Lipinski definition) is 2. The van der Waals surface area contributed by atoms with Crippen LogP contribution in [0, 0.1) is 5.41 Å². The number of nitrogens with zero attached hydrogens (tertiary/aromatic N) is 1. The molecule has 19 heavy (non-hydrogen) atoms. The van der Waals surface area contributed by atoms with Crippen LogP contribution in [0.3, 0.4) is 0 Å². The van der Waals surface area contributed by atoms with Gasteiger partial charge in [0, 0.05) is 19.7 Å². The van der Waals surface area contributed by atoms with Crippen molar-refractivity contribution in [3.8, 4) is 11.5 Å². The Labute approximate surface area is 118 Å². The molecule has 6 nitrogen and oxygen atoms in total. The third-order valence-electron chi connectivity index (χ3n) is 2.32. The Morgan fingerprint density at radius 2 is 2.00 bits per heavy atom. The fraction of sp³-hybridized carbons (Fsp3) is 0.333. The van der Waals surface area contributed by atoms with Crippen LogP contribution in [0.1, 0.15) is 5.56 Å². The summed E-state index contributed by atoms with van der Waals surface area (Å²) in [6.45, 7) is -0.0667. The van der Waals surface area contributed by atoms with Crippen LogP contribution in [0.25, 0.3) is 0 Å². The molecule has 0 saturated heterocycles. The van der Waals surface area contributed by atoms with Gasteiger partial charge in [-0.05, 0) is 18.2 Å². The van der Waals surface area contributed by atoms with Crippen molar-refractivity contribution in [1.29, 1.82) is 5.41 Å². The molecule has 0 aliphatic rings. The van der Waals surface area contributed by atoms with Gasteiger partial charge in [-0.25, -0.2) is 0 Å². The molecule has 0 aliphatic carbocycles. The second-order valence-electron chi connectivity index (χ2n) is 3.86. The van der Waals surface area contributed by atoms with E-state index in [9.17, 15) is 4.79 Å². The van der Waals surface area contributed by atoms with Crippen molar-refractivity contribution in [1.82, 2.24) is 4.90 Å². The van der Waals surface area contributed by atoms with E-state index in [1.807, 2.05) is 0 Å². The molecule has 0 aliphatic heterocycles. The van der Waals surface area contributed by atoms with Crippen molar-refractivity contribution in [3.63, 3.8) is 0 Å². The van der Waals surface area contributed by atoms with Crippen molar-refractivity contribution in [2.45, 2.75) is 0 Å². The molecule has 3 N–H and O–H groups in total. The van der Waals surface area contributed by atoms with Gasteiger partial charge in [-0.15, -0.1) is 12.4 Å². The Kier molecular flexibility index (Phi) is 6.71. The van der Waals surface area contributed by atoms with Crippen LogP contribution in [0.5, 0.6) is 11.5 Å². The number of benzene rings is 1. The van der Waals surface area contributed by atoms with E-state index in [4.69, 9.17) is 20.6 Å². The van der Waals surface area contributed by atoms with E-state index in [1.165, 1.54) is 12.0 Å². The van der Waals surface area contributed by atoms with E-state index in [0.717, 1.165) is 0 Å². The van der Waals surface area contributed by atoms with Crippen molar-refractivity contribution >= 4 is 24.1 Å². The lowest BCUT2D eigenvalue weighted by Crippen LogP contribution is -2.27. The van der Waals surface area contributed by atoms with E-state index in [2.05, 4.69) is 0 Å². The average Bonchev–Trinajstić information content (AvgIpc) is 2.35. The molecule has 1 aromatic carbocycles. The summed E-state index contributed by atoms with van der Waals surface area (Å²) < 4.78 is 10.5. The zero-order chi connectivity index (χ0) is 13.7. The molecular formula is C12H18ClN3O3. The lowest BCUT2D eigenvalue weighted by Gasteiger charge is -2.14. The van der Waals surface area contributed by atoms with Crippen LogP contribution < -0.4 is 15.2 Å². The predicted molar refractivity (Wildman–Crippen MR) is 75.4 cm³/mol. The molecule has 0 spiro atoms. The summed E-state index contributed by atoms with van der Waals surface area (Å²) in [5.41, 5.74) is 5.92. The van der Waals surface area contributed by atoms with Gasteiger partial charge in [0.15, 0.2) is 18.1 Å². The minimum atomic E-state index is -0.146. The van der Waals surface area contributed by atoms with E-state index in [1.54, 1.807) is 32.3 Å². The third kappa shape index (κ3) is 4.67. The van der Waals surface area contributed by atoms with E-state index in [-0.39, 0.29) is 30.8 Å². The second-order valence-corrected chi connectivity index (χ2v) is 3.86. The molecule has 7 heteroatoms. The van der Waals surface area contributed by atoms with E-state index >= 15 is 0 Å². The second kappa shape index (κ2) is 7.48. The highest BCUT2D eigenvalue weighted by Gasteiger charge is 2.10. The highest BCUT2D eigenvalue weighted by atomic mass is 35.5. The van der Waals surface area contributed by atoms with E-state index < -0.39 is 0 Å². The van der Waals surface area contributed by atoms with Crippen LogP contribution >= 0.6 is 12.4 Å². The number of likely N-dealkylation sites (N-methyl/N-ethyl adjacent to an activating group) is 1. The minimum Gasteiger partial charge on any atom is -0.493 e. The summed E-state index contributed by atoms with van der Waals surface area (Å²) in [6, 6.07) is 4.86. The number of amidine groups is 1. The molecule has 106 valence electrons. The summed E-state index contributed by atoms with van der Waals surface area (Å²) in [6.07, 6.45) is 0. The fourth-order valence-corrected chi connectivity index (χ4v) is 1.22. The van der Waals surface area contributed by atoms with Gasteiger partial charge < -0.3 is 20.1 Å². The first-order valence-corrected chi connectivity index (χ1v) is 5.31. The first-order valence-electron chi connectivity index (χ1n) is 5.31. The van der Waals surface area contributed by atoms with Crippen LogP contribution in [0.2, 0.25) is 0 Å². The summed E-state index contributed by atoms with van der Waals surface area (Å²) >= 11 is 0. The minimum absolute atomic E-state index is 0. The quantitative estimate of drug-likeness (QED) is 0.621. The number of nitrogens with two attached hydrogens (primary N) is 1. The van der Waals surface area contributed by atoms with Gasteiger partial charge >= 0.3 is 0 Å². The van der Waals surface area contributed by atoms with Crippen LogP contribution in [-0.2, 0) is 4.79 Å². The van der Waals surface area contributed by atoms with Crippen molar-refractivity contribution in [2.24, 2.45) is 5.73 Å². The summed E-state index contributed by atoms with van der Waals surface area (Å²) in [7, 11) is 4.80. The van der Waals surface area contributed by atoms with Gasteiger partial charge in [-0.3, -0.25) is 10.2 Å². The van der Waals surface area contributed by atoms with Crippen molar-refractivity contribution in [2.75, 3.05) is 27.8 Å². The summed E-state index contributed by atoms with van der Waals surface area (Å²) in [5, 5.41) is 7.32. The molecule has 0 aromatic heterocycles. The number of carbonyl (C=O) groups excluding carboxylic acids is 1. The van der Waals surface area contributed by atoms with Gasteiger partial charge in [-0.1, -0.05) is 0 Å². The maximum Gasteiger partial charge on any atom is 0.259 e. The number of carbonyl (C=O) groups is 1. The topological polar surface area (TPSA) is 88.6 Å². The number of halogens is 1. The number of hydrogen-bond acceptors (Lipinski definition) is 4. The number of ether oxygens (including phenoxy) is 2. The normalized spacial score (nSPS) is 9.21. The predicted octanol–water partition coefficient (Wildman–Crippen LogP) is 0.868. The summed E-state index contributed by atoms with van der Waals surface area (Å²) in [5.74, 6) is 0.684. The molecule has 0 heterocycles. The van der Waals surface area contributed by atoms with Crippen LogP contribution in [-0.4, -0.2) is 44.5 Å². The van der Waals surface area contributed by atoms with Crippen LogP contribution in [0.4, 0.5) is 0 Å². The molecule has 0 fully saturated rings. The lowest BCUT2D eigenvalue weighted by atomic mass is 10.2. The molecule has 0 unspecified atom stereocenters. The molecule has 1 rings (SSSR count). The van der Waals surface area contributed by atoms with Gasteiger partial charge in [-0.2, -0.15) is 0 Å². The zero-order valence-electron chi connectivity index (χ0n) is 11.1. The Balaban J connectivity index is 0.00000324. The highest BCUT2D eigenvalue weighted by Crippen LogP contribution is 2.27. The Hall–Kier alpha value is -1.95.